The van der Waals surface area contributed by atoms with Gasteiger partial charge in [0.15, 0.2) is 9.84 Å². The van der Waals surface area contributed by atoms with Crippen LogP contribution in [0.5, 0.6) is 0 Å². The van der Waals surface area contributed by atoms with Crippen molar-refractivity contribution in [2.24, 2.45) is 5.92 Å². The summed E-state index contributed by atoms with van der Waals surface area (Å²) < 4.78 is 23.8. The SMILES string of the molecule is CCCS(=O)(=O)CCN1CC(C(C)CC)NCC1(C)C. The zero-order chi connectivity index (χ0) is 15.4. The van der Waals surface area contributed by atoms with Crippen LogP contribution in [0, 0.1) is 5.92 Å². The highest BCUT2D eigenvalue weighted by atomic mass is 32.2. The standard InChI is InChI=1S/C15H32N2O2S/c1-6-9-20(18,19)10-8-17-11-14(13(3)7-2)16-12-15(17,4)5/h13-14,16H,6-12H2,1-5H3. The van der Waals surface area contributed by atoms with Gasteiger partial charge in [-0.2, -0.15) is 0 Å². The van der Waals surface area contributed by atoms with Gasteiger partial charge in [-0.3, -0.25) is 4.90 Å². The van der Waals surface area contributed by atoms with Gasteiger partial charge in [-0.1, -0.05) is 27.2 Å². The molecule has 20 heavy (non-hydrogen) atoms. The summed E-state index contributed by atoms with van der Waals surface area (Å²) in [5.74, 6) is 1.23. The van der Waals surface area contributed by atoms with Gasteiger partial charge in [-0.15, -0.1) is 0 Å². The second-order valence-electron chi connectivity index (χ2n) is 6.78. The van der Waals surface area contributed by atoms with E-state index in [9.17, 15) is 8.42 Å². The van der Waals surface area contributed by atoms with Crippen LogP contribution in [0.1, 0.15) is 47.5 Å². The molecule has 1 aliphatic heterocycles. The van der Waals surface area contributed by atoms with Crippen LogP contribution in [-0.2, 0) is 9.84 Å². The van der Waals surface area contributed by atoms with Crippen LogP contribution in [0.2, 0.25) is 0 Å². The Bertz CT molecular complexity index is 393. The largest absolute Gasteiger partial charge is 0.311 e. The van der Waals surface area contributed by atoms with Crippen molar-refractivity contribution >= 4 is 9.84 Å². The Morgan fingerprint density at radius 1 is 1.30 bits per heavy atom. The second-order valence-corrected chi connectivity index (χ2v) is 9.09. The number of nitrogens with one attached hydrogen (secondary N) is 1. The van der Waals surface area contributed by atoms with Crippen LogP contribution in [0.3, 0.4) is 0 Å². The van der Waals surface area contributed by atoms with Crippen molar-refractivity contribution in [2.75, 3.05) is 31.1 Å². The quantitative estimate of drug-likeness (QED) is 0.780. The highest BCUT2D eigenvalue weighted by molar-refractivity contribution is 7.91. The van der Waals surface area contributed by atoms with Crippen molar-refractivity contribution in [3.8, 4) is 0 Å². The van der Waals surface area contributed by atoms with E-state index in [1.807, 2.05) is 6.92 Å². The number of nitrogens with zero attached hydrogens (tertiary/aromatic N) is 1. The van der Waals surface area contributed by atoms with Gasteiger partial charge in [0.1, 0.15) is 0 Å². The predicted molar refractivity (Wildman–Crippen MR) is 85.8 cm³/mol. The third-order valence-electron chi connectivity index (χ3n) is 4.59. The maximum absolute atomic E-state index is 11.9. The number of hydrogen-bond acceptors (Lipinski definition) is 4. The Morgan fingerprint density at radius 3 is 2.50 bits per heavy atom. The topological polar surface area (TPSA) is 49.4 Å². The van der Waals surface area contributed by atoms with Crippen LogP contribution >= 0.6 is 0 Å². The van der Waals surface area contributed by atoms with Gasteiger partial charge < -0.3 is 5.32 Å². The lowest BCUT2D eigenvalue weighted by Gasteiger charge is -2.47. The van der Waals surface area contributed by atoms with Crippen molar-refractivity contribution < 1.29 is 8.42 Å². The summed E-state index contributed by atoms with van der Waals surface area (Å²) in [6, 6.07) is 0.474. The van der Waals surface area contributed by atoms with Gasteiger partial charge in [0.2, 0.25) is 0 Å². The second kappa shape index (κ2) is 7.23. The lowest BCUT2D eigenvalue weighted by Crippen LogP contribution is -2.63. The fraction of sp³-hybridized carbons (Fsp3) is 1.00. The molecular weight excluding hydrogens is 272 g/mol. The number of piperazine rings is 1. The molecule has 120 valence electrons. The lowest BCUT2D eigenvalue weighted by atomic mass is 9.91. The Morgan fingerprint density at radius 2 is 1.95 bits per heavy atom. The summed E-state index contributed by atoms with van der Waals surface area (Å²) in [7, 11) is -2.89. The van der Waals surface area contributed by atoms with E-state index in [0.717, 1.165) is 19.5 Å². The molecular formula is C15H32N2O2S. The molecule has 0 radical (unpaired) electrons. The van der Waals surface area contributed by atoms with Crippen LogP contribution in [0.15, 0.2) is 0 Å². The van der Waals surface area contributed by atoms with Crippen LogP contribution in [0.25, 0.3) is 0 Å². The summed E-state index contributed by atoms with van der Waals surface area (Å²) in [5.41, 5.74) is 0.0334. The molecule has 1 N–H and O–H groups in total. The van der Waals surface area contributed by atoms with E-state index in [1.54, 1.807) is 0 Å². The average Bonchev–Trinajstić information content (AvgIpc) is 2.36. The highest BCUT2D eigenvalue weighted by Gasteiger charge is 2.35. The molecule has 2 atom stereocenters. The molecule has 4 nitrogen and oxygen atoms in total. The smallest absolute Gasteiger partial charge is 0.151 e. The molecule has 1 fully saturated rings. The molecule has 0 saturated carbocycles. The fourth-order valence-electron chi connectivity index (χ4n) is 2.76. The highest BCUT2D eigenvalue weighted by Crippen LogP contribution is 2.22. The van der Waals surface area contributed by atoms with Crippen LogP contribution < -0.4 is 5.32 Å². The molecule has 1 aliphatic rings. The zero-order valence-electron chi connectivity index (χ0n) is 13.8. The summed E-state index contributed by atoms with van der Waals surface area (Å²) >= 11 is 0. The van der Waals surface area contributed by atoms with Gasteiger partial charge in [-0.05, 0) is 26.2 Å². The van der Waals surface area contributed by atoms with Crippen LogP contribution in [-0.4, -0.2) is 56.0 Å². The number of rotatable bonds is 7. The molecule has 1 heterocycles. The molecule has 0 spiro atoms. The Hall–Kier alpha value is -0.130. The van der Waals surface area contributed by atoms with Crippen molar-refractivity contribution in [3.63, 3.8) is 0 Å². The van der Waals surface area contributed by atoms with Crippen LogP contribution in [0.4, 0.5) is 0 Å². The third-order valence-corrected chi connectivity index (χ3v) is 6.42. The van der Waals surface area contributed by atoms with E-state index in [1.165, 1.54) is 0 Å². The van der Waals surface area contributed by atoms with E-state index in [2.05, 4.69) is 37.9 Å². The fourth-order valence-corrected chi connectivity index (χ4v) is 4.09. The van der Waals surface area contributed by atoms with Gasteiger partial charge in [-0.25, -0.2) is 8.42 Å². The molecule has 0 aliphatic carbocycles. The van der Waals surface area contributed by atoms with Gasteiger partial charge in [0.25, 0.3) is 0 Å². The first-order chi connectivity index (χ1) is 9.22. The maximum Gasteiger partial charge on any atom is 0.151 e. The minimum atomic E-state index is -2.89. The molecule has 0 aromatic heterocycles. The number of hydrogen-bond donors (Lipinski definition) is 1. The Labute approximate surface area is 125 Å². The molecule has 0 amide bonds. The van der Waals surface area contributed by atoms with E-state index >= 15 is 0 Å². The summed E-state index contributed by atoms with van der Waals surface area (Å²) in [4.78, 5) is 2.35. The van der Waals surface area contributed by atoms with Crippen molar-refractivity contribution in [1.82, 2.24) is 10.2 Å². The maximum atomic E-state index is 11.9. The van der Waals surface area contributed by atoms with Crippen molar-refractivity contribution in [1.29, 1.82) is 0 Å². The monoisotopic (exact) mass is 304 g/mol. The van der Waals surface area contributed by atoms with Gasteiger partial charge >= 0.3 is 0 Å². The minimum Gasteiger partial charge on any atom is -0.311 e. The van der Waals surface area contributed by atoms with E-state index in [-0.39, 0.29) is 11.3 Å². The summed E-state index contributed by atoms with van der Waals surface area (Å²) in [6.45, 7) is 13.3. The molecule has 0 aromatic rings. The summed E-state index contributed by atoms with van der Waals surface area (Å²) in [5, 5.41) is 3.62. The number of sulfone groups is 1. The van der Waals surface area contributed by atoms with Crippen molar-refractivity contribution in [2.45, 2.75) is 59.0 Å². The molecule has 0 aromatic carbocycles. The molecule has 1 saturated heterocycles. The minimum absolute atomic E-state index is 0.0334. The molecule has 5 heteroatoms. The van der Waals surface area contributed by atoms with Gasteiger partial charge in [0, 0.05) is 37.0 Å². The third kappa shape index (κ3) is 5.01. The normalized spacial score (nSPS) is 25.6. The predicted octanol–water partition coefficient (Wildman–Crippen LogP) is 1.91. The first-order valence-electron chi connectivity index (χ1n) is 7.90. The molecule has 0 bridgehead atoms. The average molecular weight is 305 g/mol. The Kier molecular flexibility index (Phi) is 6.48. The van der Waals surface area contributed by atoms with E-state index in [0.29, 0.717) is 30.7 Å². The lowest BCUT2D eigenvalue weighted by molar-refractivity contribution is 0.0578. The first kappa shape index (κ1) is 17.9. The molecule has 1 rings (SSSR count). The van der Waals surface area contributed by atoms with Crippen molar-refractivity contribution in [3.05, 3.63) is 0 Å². The van der Waals surface area contributed by atoms with E-state index in [4.69, 9.17) is 0 Å². The first-order valence-corrected chi connectivity index (χ1v) is 9.73. The molecule has 2 unspecified atom stereocenters. The Balaban J connectivity index is 2.64. The van der Waals surface area contributed by atoms with E-state index < -0.39 is 9.84 Å². The zero-order valence-corrected chi connectivity index (χ0v) is 14.6. The van der Waals surface area contributed by atoms with Gasteiger partial charge in [0.05, 0.1) is 5.75 Å². The summed E-state index contributed by atoms with van der Waals surface area (Å²) in [6.07, 6.45) is 1.86.